The number of piperidine rings is 1. The van der Waals surface area contributed by atoms with Crippen LogP contribution in [-0.4, -0.2) is 23.1 Å². The number of amides is 1. The number of hydrogen-bond acceptors (Lipinski definition) is 2. The lowest BCUT2D eigenvalue weighted by molar-refractivity contribution is 0.00363. The Morgan fingerprint density at radius 3 is 2.67 bits per heavy atom. The van der Waals surface area contributed by atoms with E-state index in [2.05, 4.69) is 35.0 Å². The molecule has 0 aliphatic carbocycles. The normalized spacial score (nSPS) is 23.0. The van der Waals surface area contributed by atoms with Crippen molar-refractivity contribution in [2.24, 2.45) is 5.92 Å². The van der Waals surface area contributed by atoms with Crippen LogP contribution in [-0.2, 0) is 4.74 Å². The Morgan fingerprint density at radius 2 is 2.05 bits per heavy atom. The smallest absolute Gasteiger partial charge is 0.410 e. The Bertz CT molecular complexity index is 510. The number of likely N-dealkylation sites (tertiary alicyclic amines) is 1. The Hall–Kier alpha value is -1.03. The average Bonchev–Trinajstić information content (AvgIpc) is 2.36. The lowest BCUT2D eigenvalue weighted by Crippen LogP contribution is -2.44. The molecule has 0 saturated carbocycles. The number of carbonyl (C=O) groups excluding carboxylic acids is 1. The fraction of sp³-hybridized carbons (Fsp3) is 0.588. The van der Waals surface area contributed by atoms with Crippen molar-refractivity contribution in [2.75, 3.05) is 6.54 Å². The third-order valence-corrected chi connectivity index (χ3v) is 4.17. The molecule has 4 heteroatoms. The fourth-order valence-electron chi connectivity index (χ4n) is 2.74. The molecule has 1 aliphatic rings. The zero-order chi connectivity index (χ0) is 15.6. The predicted molar refractivity (Wildman–Crippen MR) is 88.2 cm³/mol. The molecule has 3 nitrogen and oxygen atoms in total. The molecule has 21 heavy (non-hydrogen) atoms. The van der Waals surface area contributed by atoms with Crippen LogP contribution in [0.1, 0.15) is 52.1 Å². The predicted octanol–water partition coefficient (Wildman–Crippen LogP) is 5.16. The Labute approximate surface area is 135 Å². The number of benzene rings is 1. The molecule has 0 unspecified atom stereocenters. The van der Waals surface area contributed by atoms with Crippen molar-refractivity contribution in [3.63, 3.8) is 0 Å². The summed E-state index contributed by atoms with van der Waals surface area (Å²) < 4.78 is 6.63. The van der Waals surface area contributed by atoms with E-state index in [4.69, 9.17) is 4.74 Å². The number of carbonyl (C=O) groups is 1. The van der Waals surface area contributed by atoms with E-state index in [1.165, 1.54) is 5.56 Å². The van der Waals surface area contributed by atoms with Crippen molar-refractivity contribution in [3.8, 4) is 0 Å². The zero-order valence-electron chi connectivity index (χ0n) is 13.2. The van der Waals surface area contributed by atoms with Gasteiger partial charge in [0.15, 0.2) is 0 Å². The summed E-state index contributed by atoms with van der Waals surface area (Å²) in [6.07, 6.45) is 1.91. The third kappa shape index (κ3) is 4.47. The van der Waals surface area contributed by atoms with Crippen molar-refractivity contribution in [2.45, 2.75) is 52.2 Å². The van der Waals surface area contributed by atoms with E-state index in [9.17, 15) is 4.79 Å². The minimum Gasteiger partial charge on any atom is -0.444 e. The first kappa shape index (κ1) is 16.3. The topological polar surface area (TPSA) is 29.5 Å². The van der Waals surface area contributed by atoms with Gasteiger partial charge in [0, 0.05) is 11.0 Å². The molecule has 1 saturated heterocycles. The molecule has 1 aliphatic heterocycles. The first-order valence-corrected chi connectivity index (χ1v) is 8.30. The Balaban J connectivity index is 2.23. The quantitative estimate of drug-likeness (QED) is 0.697. The molecule has 2 rings (SSSR count). The van der Waals surface area contributed by atoms with Gasteiger partial charge in [-0.15, -0.1) is 0 Å². The molecule has 0 spiro atoms. The minimum absolute atomic E-state index is 0.105. The highest BCUT2D eigenvalue weighted by atomic mass is 79.9. The van der Waals surface area contributed by atoms with Gasteiger partial charge in [-0.2, -0.15) is 0 Å². The van der Waals surface area contributed by atoms with E-state index in [1.807, 2.05) is 37.8 Å². The van der Waals surface area contributed by atoms with Gasteiger partial charge in [0.25, 0.3) is 0 Å². The summed E-state index contributed by atoms with van der Waals surface area (Å²) in [5.74, 6) is 0.515. The first-order valence-electron chi connectivity index (χ1n) is 7.51. The van der Waals surface area contributed by atoms with Crippen LogP contribution in [0.15, 0.2) is 28.7 Å². The number of nitrogens with zero attached hydrogens (tertiary/aromatic N) is 1. The fourth-order valence-corrected chi connectivity index (χ4v) is 3.15. The minimum atomic E-state index is -0.459. The lowest BCUT2D eigenvalue weighted by atomic mass is 9.90. The second-order valence-electron chi connectivity index (χ2n) is 6.89. The summed E-state index contributed by atoms with van der Waals surface area (Å²) in [7, 11) is 0. The summed E-state index contributed by atoms with van der Waals surface area (Å²) in [5, 5.41) is 0. The molecule has 0 aromatic heterocycles. The van der Waals surface area contributed by atoms with Gasteiger partial charge < -0.3 is 9.64 Å². The van der Waals surface area contributed by atoms with Gasteiger partial charge in [-0.05, 0) is 57.2 Å². The summed E-state index contributed by atoms with van der Waals surface area (Å²) in [5.41, 5.74) is 0.710. The molecule has 116 valence electrons. The SMILES string of the molecule is C[C@H]1CC[C@H](c2cccc(Br)c2)N(C(=O)OC(C)(C)C)C1. The van der Waals surface area contributed by atoms with Crippen molar-refractivity contribution in [1.29, 1.82) is 0 Å². The molecule has 2 atom stereocenters. The molecule has 0 N–H and O–H groups in total. The van der Waals surface area contributed by atoms with Crippen molar-refractivity contribution in [3.05, 3.63) is 34.3 Å². The average molecular weight is 354 g/mol. The van der Waals surface area contributed by atoms with Gasteiger partial charge in [0.05, 0.1) is 6.04 Å². The largest absolute Gasteiger partial charge is 0.444 e. The van der Waals surface area contributed by atoms with E-state index >= 15 is 0 Å². The summed E-state index contributed by atoms with van der Waals surface area (Å²) in [6, 6.07) is 8.31. The van der Waals surface area contributed by atoms with Gasteiger partial charge in [-0.3, -0.25) is 0 Å². The van der Waals surface area contributed by atoms with Crippen molar-refractivity contribution < 1.29 is 9.53 Å². The van der Waals surface area contributed by atoms with Crippen LogP contribution in [0, 0.1) is 5.92 Å². The molecule has 1 aromatic carbocycles. The van der Waals surface area contributed by atoms with Gasteiger partial charge in [0.1, 0.15) is 5.60 Å². The van der Waals surface area contributed by atoms with Crippen LogP contribution >= 0.6 is 15.9 Å². The van der Waals surface area contributed by atoms with Gasteiger partial charge in [-0.1, -0.05) is 35.0 Å². The molecule has 1 fully saturated rings. The maximum atomic E-state index is 12.5. The highest BCUT2D eigenvalue weighted by Crippen LogP contribution is 2.35. The Kier molecular flexibility index (Phi) is 4.97. The van der Waals surface area contributed by atoms with Crippen LogP contribution in [0.4, 0.5) is 4.79 Å². The highest BCUT2D eigenvalue weighted by molar-refractivity contribution is 9.10. The second-order valence-corrected chi connectivity index (χ2v) is 7.80. The van der Waals surface area contributed by atoms with Gasteiger partial charge in [0.2, 0.25) is 0 Å². The molecule has 0 radical (unpaired) electrons. The maximum absolute atomic E-state index is 12.5. The van der Waals surface area contributed by atoms with Crippen molar-refractivity contribution in [1.82, 2.24) is 4.90 Å². The standard InChI is InChI=1S/C17H24BrNO2/c1-12-8-9-15(13-6-5-7-14(18)10-13)19(11-12)16(20)21-17(2,3)4/h5-7,10,12,15H,8-9,11H2,1-4H3/t12-,15+/m0/s1. The monoisotopic (exact) mass is 353 g/mol. The van der Waals surface area contributed by atoms with Crippen LogP contribution in [0.2, 0.25) is 0 Å². The van der Waals surface area contributed by atoms with Crippen LogP contribution in [0.25, 0.3) is 0 Å². The van der Waals surface area contributed by atoms with E-state index in [0.717, 1.165) is 23.9 Å². The Morgan fingerprint density at radius 1 is 1.33 bits per heavy atom. The summed E-state index contributed by atoms with van der Waals surface area (Å²) >= 11 is 3.51. The third-order valence-electron chi connectivity index (χ3n) is 3.68. The first-order chi connectivity index (χ1) is 9.76. The lowest BCUT2D eigenvalue weighted by Gasteiger charge is -2.39. The number of hydrogen-bond donors (Lipinski definition) is 0. The summed E-state index contributed by atoms with van der Waals surface area (Å²) in [4.78, 5) is 14.4. The molecule has 1 heterocycles. The molecule has 0 bridgehead atoms. The van der Waals surface area contributed by atoms with Crippen LogP contribution in [0.5, 0.6) is 0 Å². The maximum Gasteiger partial charge on any atom is 0.410 e. The van der Waals surface area contributed by atoms with E-state index in [1.54, 1.807) is 0 Å². The van der Waals surface area contributed by atoms with E-state index < -0.39 is 5.60 Å². The second kappa shape index (κ2) is 6.39. The zero-order valence-corrected chi connectivity index (χ0v) is 14.8. The highest BCUT2D eigenvalue weighted by Gasteiger charge is 2.33. The number of ether oxygens (including phenoxy) is 1. The molecule has 1 amide bonds. The van der Waals surface area contributed by atoms with Crippen LogP contribution < -0.4 is 0 Å². The van der Waals surface area contributed by atoms with Crippen LogP contribution in [0.3, 0.4) is 0 Å². The molecular weight excluding hydrogens is 330 g/mol. The number of halogens is 1. The molecular formula is C17H24BrNO2. The van der Waals surface area contributed by atoms with Gasteiger partial charge in [-0.25, -0.2) is 4.79 Å². The van der Waals surface area contributed by atoms with E-state index in [0.29, 0.717) is 5.92 Å². The van der Waals surface area contributed by atoms with Gasteiger partial charge >= 0.3 is 6.09 Å². The molecule has 1 aromatic rings. The number of rotatable bonds is 1. The van der Waals surface area contributed by atoms with Crippen molar-refractivity contribution >= 4 is 22.0 Å². The van der Waals surface area contributed by atoms with E-state index in [-0.39, 0.29) is 12.1 Å². The summed E-state index contributed by atoms with van der Waals surface area (Å²) in [6.45, 7) is 8.67.